The number of ether oxygens (including phenoxy) is 7. The molecule has 2 saturated heterocycles. The number of carbonyl (C=O) groups excluding carboxylic acids is 7. The maximum atomic E-state index is 12.4. The second-order valence-electron chi connectivity index (χ2n) is 22.7. The minimum absolute atomic E-state index is 0.00636. The number of carbonyl (C=O) groups is 7. The highest BCUT2D eigenvalue weighted by Gasteiger charge is 2.72. The van der Waals surface area contributed by atoms with E-state index in [-0.39, 0.29) is 65.9 Å². The first kappa shape index (κ1) is 48.7. The second-order valence-corrected chi connectivity index (χ2v) is 22.7. The zero-order valence-corrected chi connectivity index (χ0v) is 39.6. The van der Waals surface area contributed by atoms with Gasteiger partial charge in [0.15, 0.2) is 18.6 Å². The summed E-state index contributed by atoms with van der Waals surface area (Å²) in [5.41, 5.74) is -3.65. The standard InChI is InChI=1S/C17H21NO6.C16H22O6.C16H26O3/c1-4-16(2,3)14(20)22-7-11(19)23-12-9-5-10-13(12)24-15(21)17(10,6-9)8-18;1-4-16(2,3)15(19)20-7-11(17)21-12-8-5-9-10(6-8)14(18)22-13(9)12;1-4-14(2,3)13(17)19-16-8-11-5-12(9-16)7-15(18,6-11)10-16/h9-10,12-13H,4-7H2,1-3H3;8-10,12-13H,4-7H2,1-3H3;11-12,18H,4-10H2,1-3H3. The molecule has 16 nitrogen and oxygen atoms in total. The Morgan fingerprint density at radius 2 is 1.22 bits per heavy atom. The fourth-order valence-electron chi connectivity index (χ4n) is 12.4. The van der Waals surface area contributed by atoms with Gasteiger partial charge in [-0.3, -0.25) is 24.0 Å². The average molecular weight is 912 g/mol. The van der Waals surface area contributed by atoms with Crippen LogP contribution in [0.25, 0.3) is 0 Å². The Bertz CT molecular complexity index is 1970. The summed E-state index contributed by atoms with van der Waals surface area (Å²) < 4.78 is 37.5. The molecule has 12 atom stereocenters. The third-order valence-electron chi connectivity index (χ3n) is 17.0. The molecule has 10 aliphatic rings. The minimum atomic E-state index is -1.06. The van der Waals surface area contributed by atoms with Crippen molar-refractivity contribution in [3.8, 4) is 6.07 Å². The van der Waals surface area contributed by atoms with E-state index in [2.05, 4.69) is 6.07 Å². The van der Waals surface area contributed by atoms with Gasteiger partial charge in [0.05, 0.1) is 33.8 Å². The van der Waals surface area contributed by atoms with Crippen LogP contribution in [-0.4, -0.2) is 95.7 Å². The summed E-state index contributed by atoms with van der Waals surface area (Å²) in [5, 5.41) is 20.0. The van der Waals surface area contributed by atoms with E-state index in [1.165, 1.54) is 6.42 Å². The molecular formula is C49H69NO15. The Morgan fingerprint density at radius 1 is 0.692 bits per heavy atom. The van der Waals surface area contributed by atoms with Crippen molar-refractivity contribution in [3.05, 3.63) is 0 Å². The maximum absolute atomic E-state index is 12.4. The van der Waals surface area contributed by atoms with E-state index < -0.39 is 75.9 Å². The van der Waals surface area contributed by atoms with Gasteiger partial charge in [-0.1, -0.05) is 20.8 Å². The van der Waals surface area contributed by atoms with Crippen LogP contribution < -0.4 is 0 Å². The third-order valence-corrected chi connectivity index (χ3v) is 17.0. The van der Waals surface area contributed by atoms with E-state index in [1.54, 1.807) is 27.7 Å². The third kappa shape index (κ3) is 9.12. The van der Waals surface area contributed by atoms with Gasteiger partial charge in [0.25, 0.3) is 0 Å². The average Bonchev–Trinajstić information content (AvgIpc) is 4.06. The van der Waals surface area contributed by atoms with E-state index in [0.717, 1.165) is 44.9 Å². The van der Waals surface area contributed by atoms with Gasteiger partial charge in [-0.05, 0) is 130 Å². The lowest BCUT2D eigenvalue weighted by atomic mass is 9.52. The summed E-state index contributed by atoms with van der Waals surface area (Å²) >= 11 is 0. The largest absolute Gasteiger partial charge is 0.459 e. The summed E-state index contributed by atoms with van der Waals surface area (Å²) in [6.07, 6.45) is 8.52. The van der Waals surface area contributed by atoms with Crippen LogP contribution in [0.1, 0.15) is 146 Å². The van der Waals surface area contributed by atoms with Crippen LogP contribution in [0.5, 0.6) is 0 Å². The number of rotatable bonds is 13. The van der Waals surface area contributed by atoms with Crippen LogP contribution in [0.2, 0.25) is 0 Å². The molecular weight excluding hydrogens is 843 g/mol. The molecule has 8 bridgehead atoms. The molecule has 0 radical (unpaired) electrons. The smallest absolute Gasteiger partial charge is 0.344 e. The van der Waals surface area contributed by atoms with E-state index >= 15 is 0 Å². The van der Waals surface area contributed by atoms with Crippen molar-refractivity contribution in [2.45, 2.75) is 181 Å². The first-order valence-electron chi connectivity index (χ1n) is 23.9. The predicted octanol–water partition coefficient (Wildman–Crippen LogP) is 5.86. The number of hydrogen-bond acceptors (Lipinski definition) is 16. The van der Waals surface area contributed by atoms with Crippen LogP contribution in [0.4, 0.5) is 0 Å². The number of fused-ring (bicyclic) bond motifs is 2. The molecule has 0 aromatic heterocycles. The van der Waals surface area contributed by atoms with Gasteiger partial charge in [-0.2, -0.15) is 5.26 Å². The molecule has 8 aliphatic carbocycles. The monoisotopic (exact) mass is 911 g/mol. The molecule has 10 rings (SSSR count). The Balaban J connectivity index is 0.000000146. The molecule has 1 N–H and O–H groups in total. The Hall–Kier alpha value is -4.26. The van der Waals surface area contributed by atoms with Crippen molar-refractivity contribution >= 4 is 41.8 Å². The van der Waals surface area contributed by atoms with Crippen LogP contribution in [-0.2, 0) is 66.7 Å². The van der Waals surface area contributed by atoms with Gasteiger partial charge in [-0.25, -0.2) is 9.59 Å². The quantitative estimate of drug-likeness (QED) is 0.169. The van der Waals surface area contributed by atoms with Crippen molar-refractivity contribution < 1.29 is 71.8 Å². The second kappa shape index (κ2) is 17.4. The van der Waals surface area contributed by atoms with Crippen molar-refractivity contribution in [2.75, 3.05) is 13.2 Å². The first-order valence-corrected chi connectivity index (χ1v) is 23.9. The summed E-state index contributed by atoms with van der Waals surface area (Å²) in [7, 11) is 0. The predicted molar refractivity (Wildman–Crippen MR) is 226 cm³/mol. The SMILES string of the molecule is CCC(C)(C)C(=O)OC12CC3CC(CC(O)(C3)C1)C2.CCC(C)(C)C(=O)OCC(=O)OC1C2CC3C(=O)OC1C3C2.CCC(C)(C)C(=O)OCC(=O)OC1C2CC3C1OC(=O)C3(C#N)C2. The first-order chi connectivity index (χ1) is 30.3. The number of nitriles is 1. The number of hydrogen-bond donors (Lipinski definition) is 1. The molecule has 0 amide bonds. The number of nitrogens with zero attached hydrogens (tertiary/aromatic N) is 1. The summed E-state index contributed by atoms with van der Waals surface area (Å²) in [6.45, 7) is 15.9. The Labute approximate surface area is 381 Å². The lowest BCUT2D eigenvalue weighted by molar-refractivity contribution is -0.225. The topological polar surface area (TPSA) is 228 Å². The van der Waals surface area contributed by atoms with Crippen LogP contribution >= 0.6 is 0 Å². The van der Waals surface area contributed by atoms with Gasteiger partial charge in [0, 0.05) is 30.1 Å². The van der Waals surface area contributed by atoms with Crippen molar-refractivity contribution in [3.63, 3.8) is 0 Å². The van der Waals surface area contributed by atoms with Crippen molar-refractivity contribution in [1.82, 2.24) is 0 Å². The van der Waals surface area contributed by atoms with E-state index in [9.17, 15) is 43.9 Å². The molecule has 2 aliphatic heterocycles. The summed E-state index contributed by atoms with van der Waals surface area (Å²) in [4.78, 5) is 83.6. The van der Waals surface area contributed by atoms with E-state index in [4.69, 9.17) is 33.2 Å². The highest BCUT2D eigenvalue weighted by molar-refractivity contribution is 5.85. The zero-order chi connectivity index (χ0) is 47.7. The molecule has 2 heterocycles. The van der Waals surface area contributed by atoms with Crippen LogP contribution in [0, 0.1) is 74.4 Å². The molecule has 360 valence electrons. The number of aliphatic hydroxyl groups is 1. The molecule has 12 unspecified atom stereocenters. The van der Waals surface area contributed by atoms with Gasteiger partial charge in [0.1, 0.15) is 30.0 Å². The molecule has 10 fully saturated rings. The summed E-state index contributed by atoms with van der Waals surface area (Å²) in [5.74, 6) is -1.61. The highest BCUT2D eigenvalue weighted by atomic mass is 16.6. The molecule has 65 heavy (non-hydrogen) atoms. The maximum Gasteiger partial charge on any atom is 0.344 e. The van der Waals surface area contributed by atoms with Gasteiger partial charge in [-0.15, -0.1) is 0 Å². The van der Waals surface area contributed by atoms with Crippen LogP contribution in [0.15, 0.2) is 0 Å². The Kier molecular flexibility index (Phi) is 13.1. The molecule has 0 aromatic carbocycles. The fourth-order valence-corrected chi connectivity index (χ4v) is 12.4. The molecule has 0 spiro atoms. The van der Waals surface area contributed by atoms with E-state index in [1.807, 2.05) is 34.6 Å². The van der Waals surface area contributed by atoms with E-state index in [0.29, 0.717) is 43.9 Å². The van der Waals surface area contributed by atoms with Crippen molar-refractivity contribution in [2.24, 2.45) is 63.1 Å². The normalized spacial score (nSPS) is 38.3. The highest BCUT2D eigenvalue weighted by Crippen LogP contribution is 2.62. The zero-order valence-electron chi connectivity index (χ0n) is 39.6. The summed E-state index contributed by atoms with van der Waals surface area (Å²) in [6, 6.07) is 2.10. The van der Waals surface area contributed by atoms with Gasteiger partial charge < -0.3 is 38.3 Å². The Morgan fingerprint density at radius 3 is 1.72 bits per heavy atom. The lowest BCUT2D eigenvalue weighted by Crippen LogP contribution is -2.61. The molecule has 0 aromatic rings. The van der Waals surface area contributed by atoms with Gasteiger partial charge >= 0.3 is 41.8 Å². The van der Waals surface area contributed by atoms with Crippen LogP contribution in [0.3, 0.4) is 0 Å². The minimum Gasteiger partial charge on any atom is -0.459 e. The fraction of sp³-hybridized carbons (Fsp3) is 0.837. The van der Waals surface area contributed by atoms with Gasteiger partial charge in [0.2, 0.25) is 0 Å². The lowest BCUT2D eigenvalue weighted by Gasteiger charge is -2.59. The number of esters is 7. The van der Waals surface area contributed by atoms with Crippen molar-refractivity contribution in [1.29, 1.82) is 5.26 Å². The molecule has 16 heteroatoms. The molecule has 8 saturated carbocycles.